The summed E-state index contributed by atoms with van der Waals surface area (Å²) in [6.07, 6.45) is 1.98. The third kappa shape index (κ3) is 8.42. The standard InChI is InChI=1S/C37H22FN2O.C17H22NSi.Ir/c38-28-18-14-24(15-19-28)26-16-20-35-30(22-26)31-23-27(17-21-36(31)41-35)37-39-32-11-5-7-13-34(32)40(37)33-12-6-4-10-29(33)25-8-2-1-3-9-25;1-13(2)15-11-16(14-9-7-6-8-10-14)18-12-17(15)19(3,4)5;/h1-16,18-23H;6-9,11-13H,1-5H3;/q2*-1;/i;13D;. The SMILES string of the molecule is Fc1ccc(-c2ccc3oc4c[c-]c(-c5nc6ccccc6n5-c5ccccc5-c5ccccc5)cc4c3c2)cc1.[2H]C(C)(C)c1cc(-c2[c-]cccc2)ncc1[Si](C)(C)C.[Ir]. The van der Waals surface area contributed by atoms with Gasteiger partial charge in [-0.1, -0.05) is 129 Å². The van der Waals surface area contributed by atoms with Gasteiger partial charge in [0.1, 0.15) is 11.4 Å². The summed E-state index contributed by atoms with van der Waals surface area (Å²) < 4.78 is 30.4. The van der Waals surface area contributed by atoms with Crippen LogP contribution in [0.15, 0.2) is 174 Å². The fourth-order valence-corrected chi connectivity index (χ4v) is 9.40. The first-order valence-electron chi connectivity index (χ1n) is 20.7. The predicted octanol–water partition coefficient (Wildman–Crippen LogP) is 14.1. The summed E-state index contributed by atoms with van der Waals surface area (Å²) in [7, 11) is -1.50. The van der Waals surface area contributed by atoms with Crippen molar-refractivity contribution in [3.63, 3.8) is 0 Å². The predicted molar refractivity (Wildman–Crippen MR) is 249 cm³/mol. The number of para-hydroxylation sites is 3. The maximum absolute atomic E-state index is 13.5. The van der Waals surface area contributed by atoms with Crippen LogP contribution in [0.25, 0.3) is 83.6 Å². The molecule has 10 rings (SSSR count). The van der Waals surface area contributed by atoms with Gasteiger partial charge in [-0.25, -0.2) is 4.39 Å². The van der Waals surface area contributed by atoms with Gasteiger partial charge in [-0.15, -0.1) is 59.7 Å². The number of hydrogen-bond acceptors (Lipinski definition) is 3. The Hall–Kier alpha value is -6.24. The summed E-state index contributed by atoms with van der Waals surface area (Å²) in [5.41, 5.74) is 12.6. The van der Waals surface area contributed by atoms with E-state index in [4.69, 9.17) is 10.8 Å². The van der Waals surface area contributed by atoms with E-state index in [0.29, 0.717) is 0 Å². The van der Waals surface area contributed by atoms with E-state index in [9.17, 15) is 4.39 Å². The average Bonchev–Trinajstić information content (AvgIpc) is 3.85. The molecular weight excluding hydrogens is 946 g/mol. The van der Waals surface area contributed by atoms with E-state index in [1.54, 1.807) is 12.1 Å². The van der Waals surface area contributed by atoms with Gasteiger partial charge in [0.25, 0.3) is 0 Å². The van der Waals surface area contributed by atoms with Crippen molar-refractivity contribution in [3.05, 3.63) is 194 Å². The number of furan rings is 1. The summed E-state index contributed by atoms with van der Waals surface area (Å²) >= 11 is 0. The summed E-state index contributed by atoms with van der Waals surface area (Å²) in [4.78, 5) is 9.71. The van der Waals surface area contributed by atoms with Crippen molar-refractivity contribution in [2.45, 2.75) is 39.4 Å². The molecule has 4 nitrogen and oxygen atoms in total. The van der Waals surface area contributed by atoms with Crippen LogP contribution < -0.4 is 5.19 Å². The van der Waals surface area contributed by atoms with Crippen molar-refractivity contribution >= 4 is 46.2 Å². The van der Waals surface area contributed by atoms with Crippen LogP contribution in [-0.2, 0) is 20.1 Å². The van der Waals surface area contributed by atoms with E-state index in [1.807, 2.05) is 86.8 Å². The van der Waals surface area contributed by atoms with E-state index in [2.05, 4.69) is 114 Å². The summed E-state index contributed by atoms with van der Waals surface area (Å²) in [5.74, 6) is -0.0525. The molecule has 10 aromatic rings. The van der Waals surface area contributed by atoms with Crippen LogP contribution in [-0.4, -0.2) is 22.6 Å². The number of pyridine rings is 1. The first-order chi connectivity index (χ1) is 29.4. The molecule has 303 valence electrons. The number of halogens is 1. The number of rotatable bonds is 7. The van der Waals surface area contributed by atoms with Crippen molar-refractivity contribution in [2.75, 3.05) is 0 Å². The summed E-state index contributed by atoms with van der Waals surface area (Å²) in [6, 6.07) is 60.3. The molecule has 0 N–H and O–H groups in total. The number of hydrogen-bond donors (Lipinski definition) is 0. The number of nitrogens with zero attached hydrogens (tertiary/aromatic N) is 3. The molecule has 0 aliphatic heterocycles. The molecule has 0 atom stereocenters. The van der Waals surface area contributed by atoms with Gasteiger partial charge in [-0.05, 0) is 75.9 Å². The van der Waals surface area contributed by atoms with Crippen LogP contribution in [0.4, 0.5) is 4.39 Å². The molecule has 3 heterocycles. The smallest absolute Gasteiger partial charge is 0.123 e. The third-order valence-corrected chi connectivity index (χ3v) is 12.9. The van der Waals surface area contributed by atoms with Crippen LogP contribution in [0, 0.1) is 17.9 Å². The second-order valence-corrected chi connectivity index (χ2v) is 21.3. The molecule has 61 heavy (non-hydrogen) atoms. The molecule has 0 aliphatic carbocycles. The second kappa shape index (κ2) is 17.4. The first kappa shape index (κ1) is 40.2. The Morgan fingerprint density at radius 2 is 1.39 bits per heavy atom. The van der Waals surface area contributed by atoms with Gasteiger partial charge in [0.15, 0.2) is 0 Å². The Kier molecular flexibility index (Phi) is 11.5. The largest absolute Gasteiger partial charge is 0.500 e. The Morgan fingerprint density at radius 1 is 0.689 bits per heavy atom. The fraction of sp³-hybridized carbons (Fsp3) is 0.111. The van der Waals surface area contributed by atoms with E-state index >= 15 is 0 Å². The molecule has 0 amide bonds. The van der Waals surface area contributed by atoms with E-state index in [1.165, 1.54) is 17.3 Å². The van der Waals surface area contributed by atoms with Crippen LogP contribution in [0.5, 0.6) is 0 Å². The molecule has 0 bridgehead atoms. The van der Waals surface area contributed by atoms with Crippen LogP contribution >= 0.6 is 0 Å². The zero-order chi connectivity index (χ0) is 42.3. The van der Waals surface area contributed by atoms with Crippen molar-refractivity contribution in [3.8, 4) is 50.6 Å². The molecule has 0 saturated carbocycles. The van der Waals surface area contributed by atoms with Gasteiger partial charge >= 0.3 is 0 Å². The number of benzene rings is 7. The van der Waals surface area contributed by atoms with Gasteiger partial charge < -0.3 is 14.0 Å². The fourth-order valence-electron chi connectivity index (χ4n) is 7.82. The molecule has 7 heteroatoms. The minimum atomic E-state index is -1.50. The topological polar surface area (TPSA) is 43.9 Å². The van der Waals surface area contributed by atoms with Gasteiger partial charge in [-0.3, -0.25) is 4.98 Å². The number of fused-ring (bicyclic) bond motifs is 4. The van der Waals surface area contributed by atoms with Crippen molar-refractivity contribution in [1.82, 2.24) is 14.5 Å². The third-order valence-electron chi connectivity index (χ3n) is 10.8. The summed E-state index contributed by atoms with van der Waals surface area (Å²) in [5, 5.41) is 3.24. The maximum Gasteiger partial charge on any atom is 0.123 e. The van der Waals surface area contributed by atoms with Crippen molar-refractivity contribution in [2.24, 2.45) is 0 Å². The zero-order valence-electron chi connectivity index (χ0n) is 35.6. The van der Waals surface area contributed by atoms with Gasteiger partial charge in [0.2, 0.25) is 0 Å². The maximum atomic E-state index is 13.5. The second-order valence-electron chi connectivity index (χ2n) is 16.2. The van der Waals surface area contributed by atoms with E-state index in [-0.39, 0.29) is 25.9 Å². The number of imidazole rings is 1. The van der Waals surface area contributed by atoms with E-state index in [0.717, 1.165) is 89.1 Å². The number of aromatic nitrogens is 3. The molecule has 0 unspecified atom stereocenters. The normalized spacial score (nSPS) is 11.9. The summed E-state index contributed by atoms with van der Waals surface area (Å²) in [6.45, 7) is 10.8. The van der Waals surface area contributed by atoms with Crippen LogP contribution in [0.1, 0.15) is 26.7 Å². The van der Waals surface area contributed by atoms with Crippen molar-refractivity contribution < 1.29 is 30.3 Å². The molecule has 3 aromatic heterocycles. The molecule has 0 fully saturated rings. The van der Waals surface area contributed by atoms with Gasteiger partial charge in [-0.2, -0.15) is 0 Å². The molecule has 0 saturated heterocycles. The van der Waals surface area contributed by atoms with Gasteiger partial charge in [0.05, 0.1) is 30.5 Å². The van der Waals surface area contributed by atoms with Crippen LogP contribution in [0.3, 0.4) is 0 Å². The minimum Gasteiger partial charge on any atom is -0.500 e. The molecule has 7 aromatic carbocycles. The Labute approximate surface area is 372 Å². The Balaban J connectivity index is 0.000000214. The first-order valence-corrected chi connectivity index (χ1v) is 23.7. The Morgan fingerprint density at radius 3 is 2.15 bits per heavy atom. The van der Waals surface area contributed by atoms with Gasteiger partial charge in [0, 0.05) is 44.3 Å². The van der Waals surface area contributed by atoms with Crippen molar-refractivity contribution in [1.29, 1.82) is 0 Å². The monoisotopic (exact) mass is 991 g/mol. The molecule has 0 aliphatic rings. The van der Waals surface area contributed by atoms with Crippen LogP contribution in [0.2, 0.25) is 19.6 Å². The molecule has 0 spiro atoms. The quantitative estimate of drug-likeness (QED) is 0.118. The minimum absolute atomic E-state index is 0. The Bertz CT molecular complexity index is 3170. The zero-order valence-corrected chi connectivity index (χ0v) is 38.0. The molecule has 1 radical (unpaired) electrons. The van der Waals surface area contributed by atoms with E-state index < -0.39 is 14.0 Å². The average molecular weight is 991 g/mol. The molecular formula is C54H44FIrN3OSi-2.